The third-order valence-electron chi connectivity index (χ3n) is 3.96. The average Bonchev–Trinajstić information content (AvgIpc) is 2.57. The highest BCUT2D eigenvalue weighted by molar-refractivity contribution is 5.85. The quantitative estimate of drug-likeness (QED) is 0.280. The fourth-order valence-electron chi connectivity index (χ4n) is 2.51. The monoisotopic (exact) mass is 358 g/mol. The molecule has 0 aliphatic carbocycles. The fraction of sp³-hybridized carbons (Fsp3) is 0.667. The van der Waals surface area contributed by atoms with E-state index in [2.05, 4.69) is 18.7 Å². The van der Waals surface area contributed by atoms with Crippen molar-refractivity contribution in [1.29, 1.82) is 0 Å². The van der Waals surface area contributed by atoms with E-state index in [0.717, 1.165) is 26.1 Å². The Hall–Kier alpha value is -1.33. The summed E-state index contributed by atoms with van der Waals surface area (Å²) in [7, 11) is 0. The lowest BCUT2D eigenvalue weighted by atomic mass is 10.1. The number of hydrogen-bond acceptors (Lipinski definition) is 4. The van der Waals surface area contributed by atoms with E-state index < -0.39 is 4.92 Å². The lowest BCUT2D eigenvalue weighted by Crippen LogP contribution is -2.26. The zero-order chi connectivity index (χ0) is 16.9. The van der Waals surface area contributed by atoms with E-state index in [-0.39, 0.29) is 18.1 Å². The van der Waals surface area contributed by atoms with Crippen molar-refractivity contribution < 1.29 is 9.66 Å². The van der Waals surface area contributed by atoms with Crippen LogP contribution in [0.5, 0.6) is 5.75 Å². The number of ether oxygens (including phenoxy) is 1. The van der Waals surface area contributed by atoms with E-state index in [1.54, 1.807) is 12.1 Å². The van der Waals surface area contributed by atoms with Gasteiger partial charge in [0.25, 0.3) is 5.69 Å². The molecule has 0 aliphatic rings. The molecule has 0 fully saturated rings. The van der Waals surface area contributed by atoms with Crippen LogP contribution in [0, 0.1) is 10.1 Å². The lowest BCUT2D eigenvalue weighted by Gasteiger charge is -2.20. The zero-order valence-corrected chi connectivity index (χ0v) is 15.7. The molecular formula is C18H31ClN2O3. The van der Waals surface area contributed by atoms with Gasteiger partial charge in [-0.3, -0.25) is 10.1 Å². The third kappa shape index (κ3) is 9.73. The van der Waals surface area contributed by atoms with Gasteiger partial charge in [-0.1, -0.05) is 39.5 Å². The highest BCUT2D eigenvalue weighted by Crippen LogP contribution is 2.17. The second-order valence-electron chi connectivity index (χ2n) is 5.80. The van der Waals surface area contributed by atoms with Gasteiger partial charge in [0.15, 0.2) is 0 Å². The van der Waals surface area contributed by atoms with Crippen LogP contribution in [0.3, 0.4) is 0 Å². The van der Waals surface area contributed by atoms with Crippen LogP contribution >= 0.6 is 12.4 Å². The average molecular weight is 359 g/mol. The molecule has 0 saturated heterocycles. The van der Waals surface area contributed by atoms with Gasteiger partial charge in [0.05, 0.1) is 11.5 Å². The molecule has 1 aromatic carbocycles. The molecule has 0 unspecified atom stereocenters. The lowest BCUT2D eigenvalue weighted by molar-refractivity contribution is -0.384. The number of nitro benzene ring substituents is 1. The van der Waals surface area contributed by atoms with Crippen LogP contribution in [0.2, 0.25) is 0 Å². The van der Waals surface area contributed by atoms with Gasteiger partial charge in [-0.15, -0.1) is 12.4 Å². The first-order valence-corrected chi connectivity index (χ1v) is 8.77. The van der Waals surface area contributed by atoms with Gasteiger partial charge in [-0.05, 0) is 38.1 Å². The maximum Gasteiger partial charge on any atom is 0.269 e. The summed E-state index contributed by atoms with van der Waals surface area (Å²) in [4.78, 5) is 12.6. The van der Waals surface area contributed by atoms with E-state index in [0.29, 0.717) is 12.4 Å². The number of halogens is 1. The Balaban J connectivity index is 0.00000529. The van der Waals surface area contributed by atoms with Gasteiger partial charge in [-0.2, -0.15) is 0 Å². The van der Waals surface area contributed by atoms with Gasteiger partial charge in [0.1, 0.15) is 5.75 Å². The maximum absolute atomic E-state index is 10.6. The molecule has 1 aromatic rings. The summed E-state index contributed by atoms with van der Waals surface area (Å²) in [6, 6.07) is 6.26. The van der Waals surface area contributed by atoms with E-state index in [9.17, 15) is 10.1 Å². The Kier molecular flexibility index (Phi) is 13.3. The van der Waals surface area contributed by atoms with Crippen molar-refractivity contribution in [3.05, 3.63) is 34.4 Å². The molecule has 0 aromatic heterocycles. The van der Waals surface area contributed by atoms with Crippen LogP contribution in [-0.2, 0) is 0 Å². The molecule has 0 saturated carbocycles. The Morgan fingerprint density at radius 3 is 2.21 bits per heavy atom. The fourth-order valence-corrected chi connectivity index (χ4v) is 2.51. The van der Waals surface area contributed by atoms with Gasteiger partial charge in [-0.25, -0.2) is 0 Å². The number of hydrogen-bond donors (Lipinski definition) is 0. The Bertz CT molecular complexity index is 440. The molecule has 24 heavy (non-hydrogen) atoms. The Morgan fingerprint density at radius 2 is 1.62 bits per heavy atom. The molecule has 1 rings (SSSR count). The zero-order valence-electron chi connectivity index (χ0n) is 14.9. The molecule has 0 bridgehead atoms. The molecule has 0 N–H and O–H groups in total. The Morgan fingerprint density at radius 1 is 1.00 bits per heavy atom. The SMILES string of the molecule is CCCCCCCN(CC)CCCOc1ccc([N+](=O)[O-])cc1.Cl. The van der Waals surface area contributed by atoms with Crippen molar-refractivity contribution in [2.24, 2.45) is 0 Å². The predicted molar refractivity (Wildman–Crippen MR) is 101 cm³/mol. The topological polar surface area (TPSA) is 55.6 Å². The molecular weight excluding hydrogens is 328 g/mol. The summed E-state index contributed by atoms with van der Waals surface area (Å²) in [5, 5.41) is 10.6. The minimum absolute atomic E-state index is 0. The molecule has 0 atom stereocenters. The van der Waals surface area contributed by atoms with Crippen molar-refractivity contribution >= 4 is 18.1 Å². The second-order valence-corrected chi connectivity index (χ2v) is 5.80. The minimum atomic E-state index is -0.399. The molecule has 0 heterocycles. The molecule has 6 heteroatoms. The van der Waals surface area contributed by atoms with E-state index in [1.165, 1.54) is 44.2 Å². The normalized spacial score (nSPS) is 10.5. The Labute approximate surface area is 151 Å². The molecule has 5 nitrogen and oxygen atoms in total. The minimum Gasteiger partial charge on any atom is -0.494 e. The van der Waals surface area contributed by atoms with Crippen LogP contribution < -0.4 is 4.74 Å². The number of unbranched alkanes of at least 4 members (excludes halogenated alkanes) is 4. The van der Waals surface area contributed by atoms with Crippen molar-refractivity contribution in [2.75, 3.05) is 26.2 Å². The van der Waals surface area contributed by atoms with Crippen LogP contribution in [0.4, 0.5) is 5.69 Å². The number of nitrogens with zero attached hydrogens (tertiary/aromatic N) is 2. The summed E-state index contributed by atoms with van der Waals surface area (Å²) >= 11 is 0. The summed E-state index contributed by atoms with van der Waals surface area (Å²) in [6.07, 6.45) is 7.55. The molecule has 0 spiro atoms. The van der Waals surface area contributed by atoms with E-state index >= 15 is 0 Å². The van der Waals surface area contributed by atoms with Crippen molar-refractivity contribution in [2.45, 2.75) is 52.4 Å². The van der Waals surface area contributed by atoms with Crippen molar-refractivity contribution in [3.63, 3.8) is 0 Å². The summed E-state index contributed by atoms with van der Waals surface area (Å²) in [5.74, 6) is 0.693. The van der Waals surface area contributed by atoms with Gasteiger partial charge in [0.2, 0.25) is 0 Å². The maximum atomic E-state index is 10.6. The molecule has 0 amide bonds. The van der Waals surface area contributed by atoms with Gasteiger partial charge < -0.3 is 9.64 Å². The van der Waals surface area contributed by atoms with E-state index in [1.807, 2.05) is 0 Å². The van der Waals surface area contributed by atoms with Crippen LogP contribution in [0.15, 0.2) is 24.3 Å². The standard InChI is InChI=1S/C18H30N2O3.ClH/c1-3-5-6-7-8-14-19(4-2)15-9-16-23-18-12-10-17(11-13-18)20(21)22;/h10-13H,3-9,14-16H2,1-2H3;1H. The number of rotatable bonds is 13. The molecule has 138 valence electrons. The smallest absolute Gasteiger partial charge is 0.269 e. The summed E-state index contributed by atoms with van der Waals surface area (Å²) < 4.78 is 5.64. The molecule has 0 radical (unpaired) electrons. The number of nitro groups is 1. The van der Waals surface area contributed by atoms with Crippen molar-refractivity contribution in [3.8, 4) is 5.75 Å². The summed E-state index contributed by atoms with van der Waals surface area (Å²) in [6.45, 7) is 8.36. The molecule has 0 aliphatic heterocycles. The van der Waals surface area contributed by atoms with E-state index in [4.69, 9.17) is 4.74 Å². The largest absolute Gasteiger partial charge is 0.494 e. The highest BCUT2D eigenvalue weighted by atomic mass is 35.5. The third-order valence-corrected chi connectivity index (χ3v) is 3.96. The van der Waals surface area contributed by atoms with Crippen LogP contribution in [0.25, 0.3) is 0 Å². The van der Waals surface area contributed by atoms with Gasteiger partial charge in [0, 0.05) is 18.7 Å². The first kappa shape index (κ1) is 22.7. The first-order valence-electron chi connectivity index (χ1n) is 8.77. The predicted octanol–water partition coefficient (Wildman–Crippen LogP) is 5.08. The number of benzene rings is 1. The van der Waals surface area contributed by atoms with Crippen LogP contribution in [-0.4, -0.2) is 36.1 Å². The number of non-ortho nitro benzene ring substituents is 1. The second kappa shape index (κ2) is 14.1. The first-order chi connectivity index (χ1) is 11.2. The highest BCUT2D eigenvalue weighted by Gasteiger charge is 2.05. The van der Waals surface area contributed by atoms with Crippen LogP contribution in [0.1, 0.15) is 52.4 Å². The van der Waals surface area contributed by atoms with Gasteiger partial charge >= 0.3 is 0 Å². The summed E-state index contributed by atoms with van der Waals surface area (Å²) in [5.41, 5.74) is 0.0950. The van der Waals surface area contributed by atoms with Crippen molar-refractivity contribution in [1.82, 2.24) is 4.90 Å².